The van der Waals surface area contributed by atoms with Crippen LogP contribution in [0.1, 0.15) is 59.8 Å². The Kier molecular flexibility index (Phi) is 4.70. The van der Waals surface area contributed by atoms with Crippen molar-refractivity contribution in [1.82, 2.24) is 0 Å². The molecule has 0 saturated carbocycles. The SMILES string of the molecule is Oc1ccc2c3c1CCCN3CCC2C=NN=CC1CCN2CCCc3cccc1c32. The van der Waals surface area contributed by atoms with Crippen LogP contribution in [-0.2, 0) is 12.8 Å². The number of phenols is 1. The second kappa shape index (κ2) is 7.70. The normalized spacial score (nSPS) is 24.5. The third kappa shape index (κ3) is 3.22. The molecule has 4 aliphatic heterocycles. The number of benzene rings is 2. The second-order valence-corrected chi connectivity index (χ2v) is 9.36. The fourth-order valence-corrected chi connectivity index (χ4v) is 6.09. The third-order valence-electron chi connectivity index (χ3n) is 7.58. The van der Waals surface area contributed by atoms with Crippen LogP contribution in [0.3, 0.4) is 0 Å². The minimum atomic E-state index is 0.271. The fourth-order valence-electron chi connectivity index (χ4n) is 6.09. The number of hydrogen-bond donors (Lipinski definition) is 1. The van der Waals surface area contributed by atoms with Gasteiger partial charge in [-0.2, -0.15) is 10.2 Å². The lowest BCUT2D eigenvalue weighted by atomic mass is 9.85. The van der Waals surface area contributed by atoms with Crippen LogP contribution < -0.4 is 9.80 Å². The first kappa shape index (κ1) is 18.9. The summed E-state index contributed by atoms with van der Waals surface area (Å²) in [6.07, 6.45) is 10.8. The molecule has 5 nitrogen and oxygen atoms in total. The van der Waals surface area contributed by atoms with Crippen LogP contribution in [0.25, 0.3) is 0 Å². The smallest absolute Gasteiger partial charge is 0.120 e. The molecule has 160 valence electrons. The van der Waals surface area contributed by atoms with Gasteiger partial charge >= 0.3 is 0 Å². The number of aryl methyl sites for hydroxylation is 1. The molecule has 0 aliphatic carbocycles. The molecule has 1 N–H and O–H groups in total. The Morgan fingerprint density at radius 1 is 0.774 bits per heavy atom. The van der Waals surface area contributed by atoms with Crippen molar-refractivity contribution in [2.45, 2.75) is 50.4 Å². The summed E-state index contributed by atoms with van der Waals surface area (Å²) in [6, 6.07) is 10.7. The predicted molar refractivity (Wildman–Crippen MR) is 127 cm³/mol. The van der Waals surface area contributed by atoms with Gasteiger partial charge in [0, 0.05) is 67.4 Å². The van der Waals surface area contributed by atoms with E-state index in [9.17, 15) is 5.11 Å². The summed E-state index contributed by atoms with van der Waals surface area (Å²) in [7, 11) is 0. The van der Waals surface area contributed by atoms with Gasteiger partial charge in [-0.05, 0) is 61.3 Å². The summed E-state index contributed by atoms with van der Waals surface area (Å²) in [6.45, 7) is 4.41. The highest BCUT2D eigenvalue weighted by Gasteiger charge is 2.30. The summed E-state index contributed by atoms with van der Waals surface area (Å²) >= 11 is 0. The molecule has 0 aromatic heterocycles. The maximum Gasteiger partial charge on any atom is 0.120 e. The molecule has 2 unspecified atom stereocenters. The van der Waals surface area contributed by atoms with E-state index in [-0.39, 0.29) is 5.92 Å². The minimum absolute atomic E-state index is 0.271. The number of anilines is 2. The molecule has 6 rings (SSSR count). The quantitative estimate of drug-likeness (QED) is 0.589. The first-order valence-electron chi connectivity index (χ1n) is 11.8. The van der Waals surface area contributed by atoms with E-state index in [0.29, 0.717) is 11.7 Å². The number of hydrogen-bond acceptors (Lipinski definition) is 5. The van der Waals surface area contributed by atoms with Crippen molar-refractivity contribution >= 4 is 23.8 Å². The van der Waals surface area contributed by atoms with Gasteiger partial charge in [-0.25, -0.2) is 0 Å². The number of para-hydroxylation sites is 1. The topological polar surface area (TPSA) is 51.4 Å². The molecule has 5 heteroatoms. The molecule has 4 aliphatic rings. The van der Waals surface area contributed by atoms with E-state index < -0.39 is 0 Å². The predicted octanol–water partition coefficient (Wildman–Crippen LogP) is 4.63. The zero-order valence-corrected chi connectivity index (χ0v) is 18.0. The molecule has 0 amide bonds. The van der Waals surface area contributed by atoms with E-state index in [0.717, 1.165) is 50.9 Å². The lowest BCUT2D eigenvalue weighted by molar-refractivity contribution is 0.462. The maximum atomic E-state index is 10.3. The highest BCUT2D eigenvalue weighted by molar-refractivity contribution is 5.79. The van der Waals surface area contributed by atoms with E-state index in [4.69, 9.17) is 0 Å². The summed E-state index contributed by atoms with van der Waals surface area (Å²) in [5, 5.41) is 19.3. The van der Waals surface area contributed by atoms with Crippen molar-refractivity contribution in [3.8, 4) is 5.75 Å². The Balaban J connectivity index is 1.23. The summed E-state index contributed by atoms with van der Waals surface area (Å²) < 4.78 is 0. The van der Waals surface area contributed by atoms with Gasteiger partial charge < -0.3 is 14.9 Å². The van der Waals surface area contributed by atoms with Crippen molar-refractivity contribution in [2.75, 3.05) is 36.0 Å². The number of nitrogens with zero attached hydrogens (tertiary/aromatic N) is 4. The van der Waals surface area contributed by atoms with Gasteiger partial charge in [0.05, 0.1) is 0 Å². The Bertz CT molecular complexity index is 1060. The maximum absolute atomic E-state index is 10.3. The van der Waals surface area contributed by atoms with Gasteiger partial charge in [0.15, 0.2) is 0 Å². The molecule has 4 heterocycles. The molecule has 0 saturated heterocycles. The molecule has 2 aromatic carbocycles. The van der Waals surface area contributed by atoms with Crippen LogP contribution in [-0.4, -0.2) is 43.7 Å². The van der Waals surface area contributed by atoms with Gasteiger partial charge in [0.25, 0.3) is 0 Å². The van der Waals surface area contributed by atoms with Crippen molar-refractivity contribution < 1.29 is 5.11 Å². The lowest BCUT2D eigenvalue weighted by Gasteiger charge is -2.39. The molecule has 0 spiro atoms. The van der Waals surface area contributed by atoms with E-state index in [1.165, 1.54) is 47.5 Å². The fraction of sp³-hybridized carbons (Fsp3) is 0.462. The molecule has 2 atom stereocenters. The summed E-state index contributed by atoms with van der Waals surface area (Å²) in [4.78, 5) is 5.00. The second-order valence-electron chi connectivity index (χ2n) is 9.36. The van der Waals surface area contributed by atoms with Crippen LogP contribution in [0.4, 0.5) is 11.4 Å². The standard InChI is InChI=1S/C26H30N4O/c31-24-9-8-22-20(11-15-30-13-3-7-23(24)26(22)30)17-28-27-16-19-10-14-29-12-2-5-18-4-1-6-21(19)25(18)29/h1,4,6,8-9,16-17,19-20,31H,2-3,5,7,10-15H2. The monoisotopic (exact) mass is 414 g/mol. The van der Waals surface area contributed by atoms with Crippen LogP contribution in [0.5, 0.6) is 5.75 Å². The van der Waals surface area contributed by atoms with E-state index in [1.54, 1.807) is 0 Å². The minimum Gasteiger partial charge on any atom is -0.508 e. The van der Waals surface area contributed by atoms with Gasteiger partial charge in [-0.3, -0.25) is 0 Å². The van der Waals surface area contributed by atoms with Crippen molar-refractivity contribution in [1.29, 1.82) is 0 Å². The van der Waals surface area contributed by atoms with Gasteiger partial charge in [0.2, 0.25) is 0 Å². The Hall–Kier alpha value is -2.82. The molecule has 0 radical (unpaired) electrons. The van der Waals surface area contributed by atoms with Gasteiger partial charge in [-0.15, -0.1) is 0 Å². The van der Waals surface area contributed by atoms with Gasteiger partial charge in [0.1, 0.15) is 5.75 Å². The van der Waals surface area contributed by atoms with E-state index >= 15 is 0 Å². The third-order valence-corrected chi connectivity index (χ3v) is 7.58. The first-order valence-corrected chi connectivity index (χ1v) is 11.8. The van der Waals surface area contributed by atoms with E-state index in [1.807, 2.05) is 12.3 Å². The highest BCUT2D eigenvalue weighted by Crippen LogP contribution is 2.43. The molecule has 0 bridgehead atoms. The molecular weight excluding hydrogens is 384 g/mol. The average Bonchev–Trinajstić information content (AvgIpc) is 2.81. The lowest BCUT2D eigenvalue weighted by Crippen LogP contribution is -2.36. The molecule has 31 heavy (non-hydrogen) atoms. The van der Waals surface area contributed by atoms with Crippen LogP contribution in [0.15, 0.2) is 40.5 Å². The zero-order chi connectivity index (χ0) is 20.8. The van der Waals surface area contributed by atoms with Crippen molar-refractivity contribution in [3.63, 3.8) is 0 Å². The highest BCUT2D eigenvalue weighted by atomic mass is 16.3. The molecule has 0 fully saturated rings. The first-order chi connectivity index (χ1) is 15.3. The zero-order valence-electron chi connectivity index (χ0n) is 18.0. The Morgan fingerprint density at radius 2 is 1.45 bits per heavy atom. The van der Waals surface area contributed by atoms with E-state index in [2.05, 4.69) is 50.5 Å². The largest absolute Gasteiger partial charge is 0.508 e. The molecule has 2 aromatic rings. The number of rotatable bonds is 3. The molecular formula is C26H30N4O. The Labute approximate surface area is 184 Å². The van der Waals surface area contributed by atoms with Crippen molar-refractivity contribution in [3.05, 3.63) is 52.6 Å². The average molecular weight is 415 g/mol. The van der Waals surface area contributed by atoms with Crippen LogP contribution in [0, 0.1) is 0 Å². The number of aromatic hydroxyl groups is 1. The Morgan fingerprint density at radius 3 is 2.23 bits per heavy atom. The van der Waals surface area contributed by atoms with Gasteiger partial charge in [-0.1, -0.05) is 24.3 Å². The summed E-state index contributed by atoms with van der Waals surface area (Å²) in [5.41, 5.74) is 8.04. The number of phenolic OH excluding ortho intramolecular Hbond substituents is 1. The summed E-state index contributed by atoms with van der Waals surface area (Å²) in [5.74, 6) is 1.06. The van der Waals surface area contributed by atoms with Crippen molar-refractivity contribution in [2.24, 2.45) is 10.2 Å². The van der Waals surface area contributed by atoms with Crippen LogP contribution in [0.2, 0.25) is 0 Å². The van der Waals surface area contributed by atoms with Crippen LogP contribution >= 0.6 is 0 Å².